The molecule has 4 heteroatoms. The second kappa shape index (κ2) is 4.89. The van der Waals surface area contributed by atoms with Crippen molar-refractivity contribution >= 4 is 17.7 Å². The maximum Gasteiger partial charge on any atom is 0.234 e. The summed E-state index contributed by atoms with van der Waals surface area (Å²) in [4.78, 5) is 13.1. The maximum absolute atomic E-state index is 11.9. The number of amides is 1. The molecule has 0 aromatic heterocycles. The normalized spacial score (nSPS) is 20.2. The van der Waals surface area contributed by atoms with Gasteiger partial charge in [-0.2, -0.15) is 0 Å². The van der Waals surface area contributed by atoms with Crippen LogP contribution in [0.5, 0.6) is 0 Å². The van der Waals surface area contributed by atoms with Gasteiger partial charge in [-0.1, -0.05) is 18.2 Å². The van der Waals surface area contributed by atoms with Crippen molar-refractivity contribution in [3.8, 4) is 0 Å². The SMILES string of the molecule is C[C@H](CN)NC(=O)C1Cc2ccccc2S1. The third-order valence-electron chi connectivity index (χ3n) is 2.68. The molecule has 3 N–H and O–H groups in total. The highest BCUT2D eigenvalue weighted by Gasteiger charge is 2.28. The number of hydrogen-bond acceptors (Lipinski definition) is 3. The monoisotopic (exact) mass is 236 g/mol. The quantitative estimate of drug-likeness (QED) is 0.828. The van der Waals surface area contributed by atoms with E-state index in [0.717, 1.165) is 6.42 Å². The molecule has 0 bridgehead atoms. The molecule has 2 rings (SSSR count). The number of benzene rings is 1. The number of fused-ring (bicyclic) bond motifs is 1. The number of thioether (sulfide) groups is 1. The van der Waals surface area contributed by atoms with E-state index in [2.05, 4.69) is 17.4 Å². The lowest BCUT2D eigenvalue weighted by atomic mass is 10.1. The zero-order valence-electron chi connectivity index (χ0n) is 9.27. The fraction of sp³-hybridized carbons (Fsp3) is 0.417. The van der Waals surface area contributed by atoms with Gasteiger partial charge in [-0.15, -0.1) is 11.8 Å². The van der Waals surface area contributed by atoms with E-state index in [1.54, 1.807) is 11.8 Å². The van der Waals surface area contributed by atoms with Crippen LogP contribution in [0, 0.1) is 0 Å². The molecule has 1 aromatic carbocycles. The van der Waals surface area contributed by atoms with Crippen LogP contribution in [0.2, 0.25) is 0 Å². The Hall–Kier alpha value is -1.00. The van der Waals surface area contributed by atoms with Crippen LogP contribution in [0.25, 0.3) is 0 Å². The van der Waals surface area contributed by atoms with Gasteiger partial charge in [0.05, 0.1) is 5.25 Å². The van der Waals surface area contributed by atoms with Crippen molar-refractivity contribution in [3.05, 3.63) is 29.8 Å². The molecule has 0 radical (unpaired) electrons. The molecule has 0 saturated heterocycles. The summed E-state index contributed by atoms with van der Waals surface area (Å²) < 4.78 is 0. The first-order chi connectivity index (χ1) is 7.70. The molecule has 1 amide bonds. The molecule has 1 heterocycles. The van der Waals surface area contributed by atoms with Gasteiger partial charge in [0.1, 0.15) is 0 Å². The van der Waals surface area contributed by atoms with Crippen LogP contribution in [0.15, 0.2) is 29.2 Å². The van der Waals surface area contributed by atoms with Crippen LogP contribution >= 0.6 is 11.8 Å². The van der Waals surface area contributed by atoms with Crippen LogP contribution < -0.4 is 11.1 Å². The first-order valence-electron chi connectivity index (χ1n) is 5.45. The standard InChI is InChI=1S/C12H16N2OS/c1-8(7-13)14-12(15)11-6-9-4-2-3-5-10(9)16-11/h2-5,8,11H,6-7,13H2,1H3,(H,14,15)/t8-,11?/m1/s1. The van der Waals surface area contributed by atoms with E-state index in [1.807, 2.05) is 19.1 Å². The highest BCUT2D eigenvalue weighted by atomic mass is 32.2. The smallest absolute Gasteiger partial charge is 0.234 e. The molecule has 1 aromatic rings. The molecule has 1 unspecified atom stereocenters. The lowest BCUT2D eigenvalue weighted by Gasteiger charge is -2.14. The minimum atomic E-state index is 0.00593. The predicted octanol–water partition coefficient (Wildman–Crippen LogP) is 1.17. The molecule has 0 aliphatic carbocycles. The van der Waals surface area contributed by atoms with Crippen molar-refractivity contribution < 1.29 is 4.79 Å². The van der Waals surface area contributed by atoms with Crippen LogP contribution in [0.4, 0.5) is 0 Å². The molecular weight excluding hydrogens is 220 g/mol. The number of nitrogens with two attached hydrogens (primary N) is 1. The molecule has 0 saturated carbocycles. The van der Waals surface area contributed by atoms with Crippen molar-refractivity contribution in [2.24, 2.45) is 5.73 Å². The zero-order chi connectivity index (χ0) is 11.5. The first-order valence-corrected chi connectivity index (χ1v) is 6.33. The zero-order valence-corrected chi connectivity index (χ0v) is 10.1. The average molecular weight is 236 g/mol. The van der Waals surface area contributed by atoms with Crippen LogP contribution in [0.3, 0.4) is 0 Å². The van der Waals surface area contributed by atoms with E-state index in [-0.39, 0.29) is 17.2 Å². The molecule has 0 spiro atoms. The summed E-state index contributed by atoms with van der Waals surface area (Å²) in [7, 11) is 0. The second-order valence-electron chi connectivity index (χ2n) is 4.06. The van der Waals surface area contributed by atoms with Crippen LogP contribution in [0.1, 0.15) is 12.5 Å². The number of carbonyl (C=O) groups is 1. The average Bonchev–Trinajstić information content (AvgIpc) is 2.72. The molecule has 2 atom stereocenters. The minimum Gasteiger partial charge on any atom is -0.351 e. The number of carbonyl (C=O) groups excluding carboxylic acids is 1. The van der Waals surface area contributed by atoms with Gasteiger partial charge >= 0.3 is 0 Å². The Morgan fingerprint density at radius 1 is 1.62 bits per heavy atom. The van der Waals surface area contributed by atoms with E-state index >= 15 is 0 Å². The van der Waals surface area contributed by atoms with E-state index in [0.29, 0.717) is 6.54 Å². The molecular formula is C12H16N2OS. The van der Waals surface area contributed by atoms with Crippen LogP contribution in [-0.4, -0.2) is 23.7 Å². The Labute approximate surface area is 99.8 Å². The van der Waals surface area contributed by atoms with Crippen molar-refractivity contribution in [2.75, 3.05) is 6.54 Å². The van der Waals surface area contributed by atoms with Gasteiger partial charge in [-0.3, -0.25) is 4.79 Å². The molecule has 1 aliphatic heterocycles. The highest BCUT2D eigenvalue weighted by Crippen LogP contribution is 2.36. The third kappa shape index (κ3) is 2.39. The van der Waals surface area contributed by atoms with Crippen LogP contribution in [-0.2, 0) is 11.2 Å². The minimum absolute atomic E-state index is 0.00593. The Balaban J connectivity index is 1.98. The van der Waals surface area contributed by atoms with Gasteiger partial charge in [-0.25, -0.2) is 0 Å². The Kier molecular flexibility index (Phi) is 3.51. The predicted molar refractivity (Wildman–Crippen MR) is 66.5 cm³/mol. The Morgan fingerprint density at radius 2 is 2.38 bits per heavy atom. The van der Waals surface area contributed by atoms with Crippen molar-refractivity contribution in [1.29, 1.82) is 0 Å². The van der Waals surface area contributed by atoms with Gasteiger partial charge in [0, 0.05) is 17.5 Å². The fourth-order valence-electron chi connectivity index (χ4n) is 1.72. The lowest BCUT2D eigenvalue weighted by molar-refractivity contribution is -0.121. The summed E-state index contributed by atoms with van der Waals surface area (Å²) in [5.41, 5.74) is 6.75. The second-order valence-corrected chi connectivity index (χ2v) is 5.31. The summed E-state index contributed by atoms with van der Waals surface area (Å²) in [5.74, 6) is 0.0964. The molecule has 1 aliphatic rings. The molecule has 86 valence electrons. The third-order valence-corrected chi connectivity index (χ3v) is 4.00. The fourth-order valence-corrected chi connectivity index (χ4v) is 2.93. The summed E-state index contributed by atoms with van der Waals surface area (Å²) in [6, 6.07) is 8.23. The van der Waals surface area contributed by atoms with Crippen molar-refractivity contribution in [1.82, 2.24) is 5.32 Å². The van der Waals surface area contributed by atoms with Gasteiger partial charge in [0.25, 0.3) is 0 Å². The summed E-state index contributed by atoms with van der Waals surface area (Å²) >= 11 is 1.64. The molecule has 16 heavy (non-hydrogen) atoms. The number of hydrogen-bond donors (Lipinski definition) is 2. The maximum atomic E-state index is 11.9. The first kappa shape index (κ1) is 11.5. The van der Waals surface area contributed by atoms with E-state index in [9.17, 15) is 4.79 Å². The molecule has 0 fully saturated rings. The topological polar surface area (TPSA) is 55.1 Å². The Morgan fingerprint density at radius 3 is 3.06 bits per heavy atom. The van der Waals surface area contributed by atoms with E-state index < -0.39 is 0 Å². The number of rotatable bonds is 3. The highest BCUT2D eigenvalue weighted by molar-refractivity contribution is 8.01. The lowest BCUT2D eigenvalue weighted by Crippen LogP contribution is -2.42. The van der Waals surface area contributed by atoms with Crippen molar-refractivity contribution in [2.45, 2.75) is 29.5 Å². The van der Waals surface area contributed by atoms with E-state index in [1.165, 1.54) is 10.5 Å². The van der Waals surface area contributed by atoms with Gasteiger partial charge in [0.2, 0.25) is 5.91 Å². The summed E-state index contributed by atoms with van der Waals surface area (Å²) in [6.07, 6.45) is 0.823. The number of nitrogens with one attached hydrogen (secondary N) is 1. The Bertz CT molecular complexity index is 369. The largest absolute Gasteiger partial charge is 0.351 e. The molecule has 3 nitrogen and oxygen atoms in total. The summed E-state index contributed by atoms with van der Waals surface area (Å²) in [5, 5.41) is 2.93. The van der Waals surface area contributed by atoms with Gasteiger partial charge in [-0.05, 0) is 25.0 Å². The summed E-state index contributed by atoms with van der Waals surface area (Å²) in [6.45, 7) is 2.40. The van der Waals surface area contributed by atoms with Crippen molar-refractivity contribution in [3.63, 3.8) is 0 Å². The van der Waals surface area contributed by atoms with E-state index in [4.69, 9.17) is 5.73 Å². The van der Waals surface area contributed by atoms with Gasteiger partial charge < -0.3 is 11.1 Å². The van der Waals surface area contributed by atoms with Gasteiger partial charge in [0.15, 0.2) is 0 Å².